The molecule has 0 aliphatic carbocycles. The van der Waals surface area contributed by atoms with E-state index in [1.54, 1.807) is 0 Å². The zero-order valence-electron chi connectivity index (χ0n) is 5.58. The average molecular weight is 141 g/mol. The highest BCUT2D eigenvalue weighted by Crippen LogP contribution is 2.11. The van der Waals surface area contributed by atoms with Gasteiger partial charge in [-0.1, -0.05) is 0 Å². The number of hydrogen-bond acceptors (Lipinski definition) is 2. The summed E-state index contributed by atoms with van der Waals surface area (Å²) in [6.45, 7) is 1.48. The maximum atomic E-state index is 12.6. The predicted octanol–water partition coefficient (Wildman–Crippen LogP) is 1.27. The van der Waals surface area contributed by atoms with Gasteiger partial charge in [0.1, 0.15) is 11.5 Å². The van der Waals surface area contributed by atoms with Gasteiger partial charge in [0.15, 0.2) is 0 Å². The van der Waals surface area contributed by atoms with E-state index < -0.39 is 11.9 Å². The molecule has 0 aromatic carbocycles. The van der Waals surface area contributed by atoms with Crippen LogP contribution >= 0.6 is 0 Å². The quantitative estimate of drug-likeness (QED) is 0.639. The van der Waals surface area contributed by atoms with Crippen molar-refractivity contribution in [2.24, 2.45) is 0 Å². The Morgan fingerprint density at radius 3 is 2.80 bits per heavy atom. The van der Waals surface area contributed by atoms with Crippen LogP contribution in [0.1, 0.15) is 18.7 Å². The molecule has 0 aliphatic heterocycles. The van der Waals surface area contributed by atoms with Gasteiger partial charge in [0, 0.05) is 6.20 Å². The maximum absolute atomic E-state index is 12.6. The third-order valence-corrected chi connectivity index (χ3v) is 1.18. The molecule has 10 heavy (non-hydrogen) atoms. The minimum absolute atomic E-state index is 0.0995. The summed E-state index contributed by atoms with van der Waals surface area (Å²) in [6, 6.07) is 2.76. The van der Waals surface area contributed by atoms with Crippen molar-refractivity contribution in [2.45, 2.75) is 13.0 Å². The van der Waals surface area contributed by atoms with E-state index in [1.165, 1.54) is 25.3 Å². The normalized spacial score (nSPS) is 13.1. The molecule has 0 fully saturated rings. The van der Waals surface area contributed by atoms with Gasteiger partial charge in [0.2, 0.25) is 0 Å². The predicted molar refractivity (Wildman–Crippen MR) is 34.8 cm³/mol. The van der Waals surface area contributed by atoms with Gasteiger partial charge in [-0.3, -0.25) is 4.98 Å². The van der Waals surface area contributed by atoms with E-state index in [4.69, 9.17) is 5.11 Å². The zero-order valence-corrected chi connectivity index (χ0v) is 5.58. The largest absolute Gasteiger partial charge is 0.387 e. The smallest absolute Gasteiger partial charge is 0.147 e. The molecule has 0 bridgehead atoms. The SMILES string of the molecule is C[C@@H](O)c1ncccc1F. The van der Waals surface area contributed by atoms with E-state index >= 15 is 0 Å². The number of hydrogen-bond donors (Lipinski definition) is 1. The number of aromatic nitrogens is 1. The number of aliphatic hydroxyl groups is 1. The molecule has 1 rings (SSSR count). The van der Waals surface area contributed by atoms with E-state index in [1.807, 2.05) is 0 Å². The van der Waals surface area contributed by atoms with Crippen LogP contribution in [-0.2, 0) is 0 Å². The van der Waals surface area contributed by atoms with Crippen LogP contribution < -0.4 is 0 Å². The molecule has 0 saturated heterocycles. The van der Waals surface area contributed by atoms with E-state index in [-0.39, 0.29) is 5.69 Å². The van der Waals surface area contributed by atoms with E-state index in [0.29, 0.717) is 0 Å². The lowest BCUT2D eigenvalue weighted by molar-refractivity contribution is 0.188. The van der Waals surface area contributed by atoms with Crippen LogP contribution in [0.15, 0.2) is 18.3 Å². The van der Waals surface area contributed by atoms with Crippen molar-refractivity contribution in [2.75, 3.05) is 0 Å². The molecule has 0 amide bonds. The first-order valence-corrected chi connectivity index (χ1v) is 3.00. The first kappa shape index (κ1) is 7.15. The monoisotopic (exact) mass is 141 g/mol. The molecule has 1 atom stereocenters. The third kappa shape index (κ3) is 1.30. The van der Waals surface area contributed by atoms with Crippen molar-refractivity contribution in [1.29, 1.82) is 0 Å². The lowest BCUT2D eigenvalue weighted by Gasteiger charge is -2.02. The Kier molecular flexibility index (Phi) is 1.97. The van der Waals surface area contributed by atoms with Gasteiger partial charge in [-0.15, -0.1) is 0 Å². The second-order valence-electron chi connectivity index (χ2n) is 2.05. The Labute approximate surface area is 58.3 Å². The van der Waals surface area contributed by atoms with Crippen molar-refractivity contribution in [3.63, 3.8) is 0 Å². The van der Waals surface area contributed by atoms with Crippen LogP contribution in [-0.4, -0.2) is 10.1 Å². The first-order valence-electron chi connectivity index (χ1n) is 3.00. The van der Waals surface area contributed by atoms with Gasteiger partial charge in [0.05, 0.1) is 6.10 Å². The summed E-state index contributed by atoms with van der Waals surface area (Å²) in [5, 5.41) is 8.90. The minimum Gasteiger partial charge on any atom is -0.387 e. The zero-order chi connectivity index (χ0) is 7.56. The fourth-order valence-electron chi connectivity index (χ4n) is 0.705. The lowest BCUT2D eigenvalue weighted by atomic mass is 10.2. The van der Waals surface area contributed by atoms with Gasteiger partial charge in [0.25, 0.3) is 0 Å². The van der Waals surface area contributed by atoms with E-state index in [2.05, 4.69) is 4.98 Å². The third-order valence-electron chi connectivity index (χ3n) is 1.18. The van der Waals surface area contributed by atoms with E-state index in [0.717, 1.165) is 0 Å². The summed E-state index contributed by atoms with van der Waals surface area (Å²) in [5.74, 6) is -0.461. The molecule has 2 nitrogen and oxygen atoms in total. The minimum atomic E-state index is -0.832. The molecule has 0 saturated carbocycles. The van der Waals surface area contributed by atoms with Crippen LogP contribution in [0.4, 0.5) is 4.39 Å². The number of rotatable bonds is 1. The molecule has 1 N–H and O–H groups in total. The fraction of sp³-hybridized carbons (Fsp3) is 0.286. The Morgan fingerprint density at radius 1 is 1.70 bits per heavy atom. The Hall–Kier alpha value is -0.960. The van der Waals surface area contributed by atoms with Crippen molar-refractivity contribution in [3.05, 3.63) is 29.8 Å². The molecule has 0 radical (unpaired) electrons. The van der Waals surface area contributed by atoms with Crippen LogP contribution in [0.5, 0.6) is 0 Å². The fourth-order valence-corrected chi connectivity index (χ4v) is 0.705. The molecule has 1 aromatic heterocycles. The van der Waals surface area contributed by atoms with Gasteiger partial charge < -0.3 is 5.11 Å². The highest BCUT2D eigenvalue weighted by molar-refractivity contribution is 5.08. The molecule has 0 spiro atoms. The summed E-state index contributed by atoms with van der Waals surface area (Å²) in [4.78, 5) is 3.65. The molecule has 1 heterocycles. The van der Waals surface area contributed by atoms with Crippen LogP contribution in [0.2, 0.25) is 0 Å². The van der Waals surface area contributed by atoms with Crippen LogP contribution in [0.25, 0.3) is 0 Å². The summed E-state index contributed by atoms with van der Waals surface area (Å²) < 4.78 is 12.6. The van der Waals surface area contributed by atoms with Crippen LogP contribution in [0, 0.1) is 5.82 Å². The number of nitrogens with zero attached hydrogens (tertiary/aromatic N) is 1. The summed E-state index contributed by atoms with van der Waals surface area (Å²) in [6.07, 6.45) is 0.617. The Bertz CT molecular complexity index is 225. The molecular weight excluding hydrogens is 133 g/mol. The topological polar surface area (TPSA) is 33.1 Å². The first-order chi connectivity index (χ1) is 4.72. The van der Waals surface area contributed by atoms with Gasteiger partial charge in [-0.25, -0.2) is 4.39 Å². The molecular formula is C7H8FNO. The highest BCUT2D eigenvalue weighted by atomic mass is 19.1. The van der Waals surface area contributed by atoms with Gasteiger partial charge in [-0.05, 0) is 19.1 Å². The molecule has 0 unspecified atom stereocenters. The average Bonchev–Trinajstić information content (AvgIpc) is 1.88. The molecule has 1 aromatic rings. The summed E-state index contributed by atoms with van der Waals surface area (Å²) in [7, 11) is 0. The number of aliphatic hydroxyl groups excluding tert-OH is 1. The second kappa shape index (κ2) is 2.75. The second-order valence-corrected chi connectivity index (χ2v) is 2.05. The Morgan fingerprint density at radius 2 is 2.40 bits per heavy atom. The molecule has 3 heteroatoms. The molecule has 0 aliphatic rings. The highest BCUT2D eigenvalue weighted by Gasteiger charge is 2.06. The van der Waals surface area contributed by atoms with Crippen molar-refractivity contribution >= 4 is 0 Å². The van der Waals surface area contributed by atoms with Crippen molar-refractivity contribution < 1.29 is 9.50 Å². The molecule has 54 valence electrons. The van der Waals surface area contributed by atoms with Crippen LogP contribution in [0.3, 0.4) is 0 Å². The van der Waals surface area contributed by atoms with Gasteiger partial charge >= 0.3 is 0 Å². The Balaban J connectivity index is 3.03. The standard InChI is InChI=1S/C7H8FNO/c1-5(10)7-6(8)3-2-4-9-7/h2-5,10H,1H3/t5-/m1/s1. The lowest BCUT2D eigenvalue weighted by Crippen LogP contribution is -1.98. The van der Waals surface area contributed by atoms with Crippen molar-refractivity contribution in [3.8, 4) is 0 Å². The van der Waals surface area contributed by atoms with E-state index in [9.17, 15) is 4.39 Å². The maximum Gasteiger partial charge on any atom is 0.147 e. The number of pyridine rings is 1. The van der Waals surface area contributed by atoms with Crippen molar-refractivity contribution in [1.82, 2.24) is 4.98 Å². The van der Waals surface area contributed by atoms with Gasteiger partial charge in [-0.2, -0.15) is 0 Å². The summed E-state index contributed by atoms with van der Waals surface area (Å²) >= 11 is 0. The number of halogens is 1. The summed E-state index contributed by atoms with van der Waals surface area (Å²) in [5.41, 5.74) is 0.0995.